The summed E-state index contributed by atoms with van der Waals surface area (Å²) in [6, 6.07) is 16.7. The van der Waals surface area contributed by atoms with Gasteiger partial charge in [-0.25, -0.2) is 4.68 Å². The standard InChI is InChI=1S/C34H30F3N9/c1-32(2,34(35,36)37)19-42-30-21(16-39)17-41-29-20(15-38)13-23(14-26(29)30)43-31(25-5-3-7-27-24(25)6-4-12-40-27)28-18-46(45-44-28)33(10-11-33)22-8-9-22/h3-7,12-14,17-18,22,31,43H,8-11,19H2,1-2H3,(H,41,42). The monoisotopic (exact) mass is 621 g/mol. The molecule has 7 rings (SSSR count). The highest BCUT2D eigenvalue weighted by atomic mass is 19.4. The highest BCUT2D eigenvalue weighted by Gasteiger charge is 2.56. The Labute approximate surface area is 263 Å². The molecular formula is C34H30F3N9. The molecule has 0 spiro atoms. The van der Waals surface area contributed by atoms with Crippen molar-refractivity contribution in [1.82, 2.24) is 25.0 Å². The molecule has 2 aliphatic rings. The number of aromatic nitrogens is 5. The quantitative estimate of drug-likeness (QED) is 0.177. The molecule has 1 unspecified atom stereocenters. The Morgan fingerprint density at radius 2 is 1.80 bits per heavy atom. The van der Waals surface area contributed by atoms with E-state index in [9.17, 15) is 23.7 Å². The smallest absolute Gasteiger partial charge is 0.382 e. The van der Waals surface area contributed by atoms with E-state index in [0.29, 0.717) is 22.7 Å². The normalized spacial score (nSPS) is 16.5. The average molecular weight is 622 g/mol. The summed E-state index contributed by atoms with van der Waals surface area (Å²) in [5.74, 6) is 0.615. The average Bonchev–Trinajstić information content (AvgIpc) is 3.98. The summed E-state index contributed by atoms with van der Waals surface area (Å²) in [5.41, 5.74) is 1.54. The molecule has 2 aromatic carbocycles. The predicted octanol–water partition coefficient (Wildman–Crippen LogP) is 7.22. The Hall–Kier alpha value is -5.23. The number of nitrogens with one attached hydrogen (secondary N) is 2. The number of fused-ring (bicyclic) bond motifs is 2. The molecule has 9 nitrogen and oxygen atoms in total. The van der Waals surface area contributed by atoms with Crippen LogP contribution in [0, 0.1) is 34.0 Å². The van der Waals surface area contributed by atoms with Crippen LogP contribution in [0.2, 0.25) is 0 Å². The van der Waals surface area contributed by atoms with Crippen LogP contribution in [0.15, 0.2) is 61.1 Å². The topological polar surface area (TPSA) is 128 Å². The van der Waals surface area contributed by atoms with E-state index in [1.54, 1.807) is 18.3 Å². The zero-order chi connectivity index (χ0) is 32.3. The second kappa shape index (κ2) is 10.7. The molecule has 0 radical (unpaired) electrons. The number of hydrogen-bond donors (Lipinski definition) is 2. The highest BCUT2D eigenvalue weighted by molar-refractivity contribution is 5.99. The zero-order valence-corrected chi connectivity index (χ0v) is 25.2. The molecule has 2 saturated carbocycles. The molecule has 2 N–H and O–H groups in total. The molecule has 3 aromatic heterocycles. The zero-order valence-electron chi connectivity index (χ0n) is 25.2. The predicted molar refractivity (Wildman–Crippen MR) is 167 cm³/mol. The largest absolute Gasteiger partial charge is 0.395 e. The minimum absolute atomic E-state index is 0.0250. The molecule has 2 aliphatic carbocycles. The lowest BCUT2D eigenvalue weighted by Gasteiger charge is -2.28. The van der Waals surface area contributed by atoms with Crippen LogP contribution in [0.5, 0.6) is 0 Å². The van der Waals surface area contributed by atoms with Gasteiger partial charge >= 0.3 is 6.18 Å². The van der Waals surface area contributed by atoms with E-state index in [2.05, 4.69) is 37.0 Å². The fourth-order valence-electron chi connectivity index (χ4n) is 6.21. The number of alkyl halides is 3. The minimum Gasteiger partial charge on any atom is -0.382 e. The number of nitriles is 2. The van der Waals surface area contributed by atoms with Gasteiger partial charge in [-0.2, -0.15) is 23.7 Å². The third kappa shape index (κ3) is 5.04. The second-order valence-electron chi connectivity index (χ2n) is 12.9. The van der Waals surface area contributed by atoms with Crippen molar-refractivity contribution < 1.29 is 13.2 Å². The molecule has 1 atom stereocenters. The summed E-state index contributed by atoms with van der Waals surface area (Å²) in [4.78, 5) is 8.87. The lowest BCUT2D eigenvalue weighted by atomic mass is 9.92. The molecule has 0 aliphatic heterocycles. The Morgan fingerprint density at radius 1 is 1.02 bits per heavy atom. The fourth-order valence-corrected chi connectivity index (χ4v) is 6.21. The van der Waals surface area contributed by atoms with Gasteiger partial charge in [-0.05, 0) is 75.3 Å². The molecule has 232 valence electrons. The number of halogens is 3. The Balaban J connectivity index is 1.35. The second-order valence-corrected chi connectivity index (χ2v) is 12.9. The molecule has 3 heterocycles. The SMILES string of the molecule is CC(C)(CNc1c(C#N)cnc2c(C#N)cc(NC(c3cn(C4(C5CC5)CC4)nn3)c3cccc4ncccc34)cc12)C(F)(F)F. The molecule has 0 bridgehead atoms. The van der Waals surface area contributed by atoms with Crippen molar-refractivity contribution in [2.45, 2.75) is 57.3 Å². The first-order valence-corrected chi connectivity index (χ1v) is 15.2. The lowest BCUT2D eigenvalue weighted by molar-refractivity contribution is -0.206. The number of nitrogens with zero attached hydrogens (tertiary/aromatic N) is 7. The first-order valence-electron chi connectivity index (χ1n) is 15.2. The first-order chi connectivity index (χ1) is 22.0. The number of benzene rings is 2. The number of hydrogen-bond acceptors (Lipinski definition) is 8. The maximum absolute atomic E-state index is 13.7. The summed E-state index contributed by atoms with van der Waals surface area (Å²) in [6.45, 7) is 1.70. The van der Waals surface area contributed by atoms with Crippen LogP contribution in [-0.2, 0) is 5.54 Å². The molecule has 0 saturated heterocycles. The fraction of sp³-hybridized carbons (Fsp3) is 0.353. The van der Waals surface area contributed by atoms with Crippen molar-refractivity contribution in [1.29, 1.82) is 10.5 Å². The van der Waals surface area contributed by atoms with Crippen LogP contribution in [0.4, 0.5) is 24.5 Å². The molecular weight excluding hydrogens is 591 g/mol. The van der Waals surface area contributed by atoms with E-state index in [1.807, 2.05) is 47.3 Å². The molecule has 2 fully saturated rings. The van der Waals surface area contributed by atoms with Gasteiger partial charge in [0.15, 0.2) is 0 Å². The van der Waals surface area contributed by atoms with E-state index in [-0.39, 0.29) is 27.9 Å². The number of anilines is 2. The van der Waals surface area contributed by atoms with Crippen molar-refractivity contribution >= 4 is 33.2 Å². The van der Waals surface area contributed by atoms with Crippen LogP contribution in [0.25, 0.3) is 21.8 Å². The van der Waals surface area contributed by atoms with Gasteiger partial charge in [-0.3, -0.25) is 9.97 Å². The molecule has 46 heavy (non-hydrogen) atoms. The van der Waals surface area contributed by atoms with Gasteiger partial charge in [-0.1, -0.05) is 23.4 Å². The van der Waals surface area contributed by atoms with Gasteiger partial charge in [0, 0.05) is 35.4 Å². The van der Waals surface area contributed by atoms with Gasteiger partial charge in [0.25, 0.3) is 0 Å². The maximum atomic E-state index is 13.7. The summed E-state index contributed by atoms with van der Waals surface area (Å²) in [6.07, 6.45) is 5.04. The van der Waals surface area contributed by atoms with Gasteiger partial charge < -0.3 is 10.6 Å². The van der Waals surface area contributed by atoms with Crippen LogP contribution in [-0.4, -0.2) is 37.7 Å². The van der Waals surface area contributed by atoms with Gasteiger partial charge in [0.05, 0.1) is 51.0 Å². The van der Waals surface area contributed by atoms with Crippen molar-refractivity contribution in [2.24, 2.45) is 11.3 Å². The van der Waals surface area contributed by atoms with Gasteiger partial charge in [-0.15, -0.1) is 5.10 Å². The van der Waals surface area contributed by atoms with E-state index in [0.717, 1.165) is 43.2 Å². The Kier molecular flexibility index (Phi) is 6.85. The summed E-state index contributed by atoms with van der Waals surface area (Å²) >= 11 is 0. The summed E-state index contributed by atoms with van der Waals surface area (Å²) in [5, 5.41) is 36.9. The summed E-state index contributed by atoms with van der Waals surface area (Å²) < 4.78 is 43.2. The van der Waals surface area contributed by atoms with Gasteiger partial charge in [0.2, 0.25) is 0 Å². The minimum atomic E-state index is -4.48. The first kappa shape index (κ1) is 29.5. The Morgan fingerprint density at radius 3 is 2.50 bits per heavy atom. The van der Waals surface area contributed by atoms with Crippen molar-refractivity contribution in [3.63, 3.8) is 0 Å². The van der Waals surface area contributed by atoms with Crippen molar-refractivity contribution in [3.05, 3.63) is 83.4 Å². The summed E-state index contributed by atoms with van der Waals surface area (Å²) in [7, 11) is 0. The molecule has 0 amide bonds. The van der Waals surface area contributed by atoms with Crippen molar-refractivity contribution in [2.75, 3.05) is 17.2 Å². The third-order valence-corrected chi connectivity index (χ3v) is 9.35. The van der Waals surface area contributed by atoms with E-state index < -0.39 is 24.2 Å². The molecule has 12 heteroatoms. The van der Waals surface area contributed by atoms with E-state index in [1.165, 1.54) is 19.0 Å². The van der Waals surface area contributed by atoms with Crippen LogP contribution >= 0.6 is 0 Å². The Bertz CT molecular complexity index is 2060. The lowest BCUT2D eigenvalue weighted by Crippen LogP contribution is -2.38. The highest BCUT2D eigenvalue weighted by Crippen LogP contribution is 2.59. The van der Waals surface area contributed by atoms with Gasteiger partial charge in [0.1, 0.15) is 17.8 Å². The number of rotatable bonds is 9. The van der Waals surface area contributed by atoms with E-state index >= 15 is 0 Å². The number of pyridine rings is 2. The van der Waals surface area contributed by atoms with Crippen molar-refractivity contribution in [3.8, 4) is 12.1 Å². The third-order valence-electron chi connectivity index (χ3n) is 9.35. The molecule has 5 aromatic rings. The maximum Gasteiger partial charge on any atom is 0.395 e. The van der Waals surface area contributed by atoms with Crippen LogP contribution < -0.4 is 10.6 Å². The van der Waals surface area contributed by atoms with E-state index in [4.69, 9.17) is 0 Å². The van der Waals surface area contributed by atoms with Crippen LogP contribution in [0.1, 0.15) is 68.0 Å². The van der Waals surface area contributed by atoms with Crippen LogP contribution in [0.3, 0.4) is 0 Å².